The van der Waals surface area contributed by atoms with Crippen molar-refractivity contribution < 1.29 is 4.79 Å². The maximum Gasteiger partial charge on any atom is 0.316 e. The Morgan fingerprint density at radius 1 is 1.14 bits per heavy atom. The van der Waals surface area contributed by atoms with E-state index >= 15 is 0 Å². The van der Waals surface area contributed by atoms with Gasteiger partial charge in [0.05, 0.1) is 6.04 Å². The van der Waals surface area contributed by atoms with E-state index in [2.05, 4.69) is 34.9 Å². The van der Waals surface area contributed by atoms with Crippen LogP contribution in [0.5, 0.6) is 0 Å². The van der Waals surface area contributed by atoms with Gasteiger partial charge in [-0.25, -0.2) is 4.79 Å². The number of rotatable bonds is 3. The molecule has 2 amide bonds. The van der Waals surface area contributed by atoms with E-state index in [9.17, 15) is 4.79 Å². The summed E-state index contributed by atoms with van der Waals surface area (Å²) < 4.78 is 0. The number of hydrogen-bond donors (Lipinski definition) is 3. The molecule has 0 fully saturated rings. The minimum atomic E-state index is -0.549. The number of amides is 2. The summed E-state index contributed by atoms with van der Waals surface area (Å²) >= 11 is 1.90. The molecule has 0 radical (unpaired) electrons. The van der Waals surface area contributed by atoms with Crippen molar-refractivity contribution in [1.82, 2.24) is 0 Å². The molecule has 21 heavy (non-hydrogen) atoms. The molecule has 4 nitrogen and oxygen atoms in total. The predicted molar refractivity (Wildman–Crippen MR) is 87.8 cm³/mol. The molecule has 1 heterocycles. The second-order valence-electron chi connectivity index (χ2n) is 4.94. The molecule has 0 aliphatic carbocycles. The van der Waals surface area contributed by atoms with Gasteiger partial charge in [0.1, 0.15) is 0 Å². The predicted octanol–water partition coefficient (Wildman–Crippen LogP) is 3.83. The number of carbonyl (C=O) groups excluding carboxylic acids is 1. The molecular formula is C16H17N3OS. The highest BCUT2D eigenvalue weighted by atomic mass is 32.2. The number of nitrogens with two attached hydrogens (primary N) is 1. The summed E-state index contributed by atoms with van der Waals surface area (Å²) in [5.74, 6) is 1.11. The van der Waals surface area contributed by atoms with Crippen molar-refractivity contribution in [3.05, 3.63) is 54.1 Å². The van der Waals surface area contributed by atoms with Crippen LogP contribution in [-0.4, -0.2) is 11.8 Å². The fraction of sp³-hybridized carbons (Fsp3) is 0.188. The van der Waals surface area contributed by atoms with Gasteiger partial charge in [0.2, 0.25) is 0 Å². The lowest BCUT2D eigenvalue weighted by Crippen LogP contribution is -2.19. The monoisotopic (exact) mass is 299 g/mol. The van der Waals surface area contributed by atoms with E-state index < -0.39 is 6.03 Å². The number of thioether (sulfide) groups is 1. The number of fused-ring (bicyclic) bond motifs is 1. The van der Waals surface area contributed by atoms with Crippen molar-refractivity contribution >= 4 is 29.2 Å². The molecule has 0 saturated carbocycles. The summed E-state index contributed by atoms with van der Waals surface area (Å²) in [5, 5.41) is 6.14. The number of urea groups is 1. The molecule has 2 aromatic carbocycles. The fourth-order valence-electron chi connectivity index (χ4n) is 2.52. The summed E-state index contributed by atoms with van der Waals surface area (Å²) in [7, 11) is 0. The summed E-state index contributed by atoms with van der Waals surface area (Å²) in [6.07, 6.45) is 1.08. The Bertz CT molecular complexity index is 659. The molecule has 4 N–H and O–H groups in total. The SMILES string of the molecule is NC(=O)Nc1cccc(NC2CCSc3ccccc32)c1. The topological polar surface area (TPSA) is 67.2 Å². The zero-order valence-corrected chi connectivity index (χ0v) is 12.3. The zero-order valence-electron chi connectivity index (χ0n) is 11.5. The van der Waals surface area contributed by atoms with E-state index in [1.54, 1.807) is 0 Å². The van der Waals surface area contributed by atoms with Gasteiger partial charge in [-0.2, -0.15) is 0 Å². The van der Waals surface area contributed by atoms with Crippen LogP contribution in [0.3, 0.4) is 0 Å². The molecule has 108 valence electrons. The second-order valence-corrected chi connectivity index (χ2v) is 6.08. The molecule has 1 aliphatic rings. The first-order valence-electron chi connectivity index (χ1n) is 6.87. The molecule has 1 unspecified atom stereocenters. The third kappa shape index (κ3) is 3.31. The summed E-state index contributed by atoms with van der Waals surface area (Å²) in [4.78, 5) is 12.3. The third-order valence-corrected chi connectivity index (χ3v) is 4.55. The van der Waals surface area contributed by atoms with Crippen molar-refractivity contribution in [2.45, 2.75) is 17.4 Å². The van der Waals surface area contributed by atoms with Gasteiger partial charge in [-0.05, 0) is 36.2 Å². The highest BCUT2D eigenvalue weighted by Crippen LogP contribution is 2.37. The molecule has 1 aliphatic heterocycles. The molecule has 3 rings (SSSR count). The Morgan fingerprint density at radius 2 is 1.95 bits per heavy atom. The largest absolute Gasteiger partial charge is 0.378 e. The summed E-state index contributed by atoms with van der Waals surface area (Å²) in [6.45, 7) is 0. The highest BCUT2D eigenvalue weighted by Gasteiger charge is 2.19. The third-order valence-electron chi connectivity index (χ3n) is 3.43. The number of nitrogens with one attached hydrogen (secondary N) is 2. The number of primary amides is 1. The lowest BCUT2D eigenvalue weighted by molar-refractivity contribution is 0.259. The highest BCUT2D eigenvalue weighted by molar-refractivity contribution is 7.99. The van der Waals surface area contributed by atoms with E-state index in [4.69, 9.17) is 5.73 Å². The zero-order chi connectivity index (χ0) is 14.7. The maximum absolute atomic E-state index is 10.9. The van der Waals surface area contributed by atoms with Crippen LogP contribution in [0.4, 0.5) is 16.2 Å². The van der Waals surface area contributed by atoms with Crippen LogP contribution in [0.15, 0.2) is 53.4 Å². The molecule has 1 atom stereocenters. The van der Waals surface area contributed by atoms with Gasteiger partial charge in [-0.3, -0.25) is 0 Å². The minimum absolute atomic E-state index is 0.297. The average molecular weight is 299 g/mol. The number of anilines is 2. The maximum atomic E-state index is 10.9. The molecule has 2 aromatic rings. The Hall–Kier alpha value is -2.14. The number of benzene rings is 2. The van der Waals surface area contributed by atoms with Crippen molar-refractivity contribution in [1.29, 1.82) is 0 Å². The molecule has 0 spiro atoms. The lowest BCUT2D eigenvalue weighted by atomic mass is 10.0. The van der Waals surface area contributed by atoms with Gasteiger partial charge in [0.25, 0.3) is 0 Å². The van der Waals surface area contributed by atoms with Gasteiger partial charge in [0.15, 0.2) is 0 Å². The Kier molecular flexibility index (Phi) is 4.01. The van der Waals surface area contributed by atoms with Crippen LogP contribution < -0.4 is 16.4 Å². The first-order chi connectivity index (χ1) is 10.2. The van der Waals surface area contributed by atoms with E-state index in [-0.39, 0.29) is 0 Å². The molecule has 0 saturated heterocycles. The quantitative estimate of drug-likeness (QED) is 0.807. The standard InChI is InChI=1S/C16H17N3OS/c17-16(20)19-12-5-3-4-11(10-12)18-14-8-9-21-15-7-2-1-6-13(14)15/h1-7,10,14,18H,8-9H2,(H3,17,19,20). The lowest BCUT2D eigenvalue weighted by Gasteiger charge is -2.27. The van der Waals surface area contributed by atoms with Crippen LogP contribution >= 0.6 is 11.8 Å². The van der Waals surface area contributed by atoms with E-state index in [1.165, 1.54) is 10.5 Å². The second kappa shape index (κ2) is 6.10. The Labute approximate surface area is 128 Å². The van der Waals surface area contributed by atoms with Crippen molar-refractivity contribution in [3.8, 4) is 0 Å². The number of hydrogen-bond acceptors (Lipinski definition) is 3. The van der Waals surface area contributed by atoms with Crippen molar-refractivity contribution in [2.24, 2.45) is 5.73 Å². The van der Waals surface area contributed by atoms with E-state index in [0.29, 0.717) is 11.7 Å². The van der Waals surface area contributed by atoms with Crippen molar-refractivity contribution in [2.75, 3.05) is 16.4 Å². The van der Waals surface area contributed by atoms with E-state index in [1.807, 2.05) is 36.0 Å². The first-order valence-corrected chi connectivity index (χ1v) is 7.86. The normalized spacial score (nSPS) is 16.9. The van der Waals surface area contributed by atoms with Crippen molar-refractivity contribution in [3.63, 3.8) is 0 Å². The first kappa shape index (κ1) is 13.8. The molecule has 0 aromatic heterocycles. The summed E-state index contributed by atoms with van der Waals surface area (Å²) in [6, 6.07) is 15.8. The van der Waals surface area contributed by atoms with Crippen LogP contribution in [0, 0.1) is 0 Å². The van der Waals surface area contributed by atoms with Crippen LogP contribution in [0.2, 0.25) is 0 Å². The Balaban J connectivity index is 1.80. The molecule has 0 bridgehead atoms. The van der Waals surface area contributed by atoms with E-state index in [0.717, 1.165) is 17.9 Å². The minimum Gasteiger partial charge on any atom is -0.378 e. The van der Waals surface area contributed by atoms with Gasteiger partial charge in [0, 0.05) is 22.0 Å². The fourth-order valence-corrected chi connectivity index (χ4v) is 3.65. The molecule has 5 heteroatoms. The smallest absolute Gasteiger partial charge is 0.316 e. The van der Waals surface area contributed by atoms with Gasteiger partial charge >= 0.3 is 6.03 Å². The van der Waals surface area contributed by atoms with Crippen LogP contribution in [0.25, 0.3) is 0 Å². The Morgan fingerprint density at radius 3 is 2.81 bits per heavy atom. The van der Waals surface area contributed by atoms with Gasteiger partial charge in [-0.15, -0.1) is 11.8 Å². The molecular weight excluding hydrogens is 282 g/mol. The number of carbonyl (C=O) groups is 1. The summed E-state index contributed by atoms with van der Waals surface area (Å²) in [5.41, 5.74) is 8.16. The van der Waals surface area contributed by atoms with Gasteiger partial charge in [-0.1, -0.05) is 24.3 Å². The average Bonchev–Trinajstić information content (AvgIpc) is 2.47. The van der Waals surface area contributed by atoms with Gasteiger partial charge < -0.3 is 16.4 Å². The van der Waals surface area contributed by atoms with Crippen LogP contribution in [0.1, 0.15) is 18.0 Å². The van der Waals surface area contributed by atoms with Crippen LogP contribution in [-0.2, 0) is 0 Å².